The highest BCUT2D eigenvalue weighted by molar-refractivity contribution is 9.10. The number of carbonyl (C=O) groups excluding carboxylic acids is 1. The minimum atomic E-state index is -0.289. The molecule has 0 saturated carbocycles. The Morgan fingerprint density at radius 1 is 1.37 bits per heavy atom. The second-order valence-corrected chi connectivity index (χ2v) is 5.23. The number of halogens is 1. The van der Waals surface area contributed by atoms with Gasteiger partial charge in [0.2, 0.25) is 0 Å². The molecule has 0 aliphatic carbocycles. The minimum Gasteiger partial charge on any atom is -0.356 e. The van der Waals surface area contributed by atoms with E-state index in [1.54, 1.807) is 0 Å². The Bertz CT molecular complexity index is 481. The van der Waals surface area contributed by atoms with Gasteiger partial charge in [-0.05, 0) is 47.3 Å². The fraction of sp³-hybridized carbons (Fsp3) is 0.385. The van der Waals surface area contributed by atoms with E-state index in [0.29, 0.717) is 5.96 Å². The summed E-state index contributed by atoms with van der Waals surface area (Å²) in [6, 6.07) is 5.48. The molecule has 1 aromatic carbocycles. The third-order valence-electron chi connectivity index (χ3n) is 2.84. The molecule has 2 rings (SSSR count). The van der Waals surface area contributed by atoms with Crippen molar-refractivity contribution in [1.29, 1.82) is 0 Å². The number of amides is 2. The van der Waals surface area contributed by atoms with Crippen molar-refractivity contribution in [3.63, 3.8) is 0 Å². The molecule has 3 N–H and O–H groups in total. The number of urea groups is 1. The molecule has 19 heavy (non-hydrogen) atoms. The first kappa shape index (κ1) is 13.9. The van der Waals surface area contributed by atoms with E-state index in [-0.39, 0.29) is 6.03 Å². The first-order chi connectivity index (χ1) is 9.16. The zero-order chi connectivity index (χ0) is 13.7. The molecule has 6 heteroatoms. The Labute approximate surface area is 121 Å². The number of para-hydroxylation sites is 1. The van der Waals surface area contributed by atoms with Crippen LogP contribution in [0.25, 0.3) is 0 Å². The molecule has 2 amide bonds. The summed E-state index contributed by atoms with van der Waals surface area (Å²) in [4.78, 5) is 16.2. The van der Waals surface area contributed by atoms with Crippen molar-refractivity contribution in [2.75, 3.05) is 18.4 Å². The lowest BCUT2D eigenvalue weighted by Gasteiger charge is -2.13. The van der Waals surface area contributed by atoms with Crippen LogP contribution in [0.1, 0.15) is 18.4 Å². The molecule has 0 spiro atoms. The largest absolute Gasteiger partial charge is 0.356 e. The zero-order valence-electron chi connectivity index (χ0n) is 10.8. The van der Waals surface area contributed by atoms with Crippen LogP contribution in [0.5, 0.6) is 0 Å². The van der Waals surface area contributed by atoms with Crippen LogP contribution in [0.15, 0.2) is 27.7 Å². The number of benzene rings is 1. The van der Waals surface area contributed by atoms with Gasteiger partial charge in [-0.3, -0.25) is 10.3 Å². The first-order valence-electron chi connectivity index (χ1n) is 6.28. The molecule has 0 atom stereocenters. The molecule has 102 valence electrons. The maximum Gasteiger partial charge on any atom is 0.326 e. The van der Waals surface area contributed by atoms with Crippen LogP contribution < -0.4 is 16.0 Å². The lowest BCUT2D eigenvalue weighted by atomic mass is 10.2. The number of aliphatic imine (C=N–C) groups is 1. The lowest BCUT2D eigenvalue weighted by molar-refractivity contribution is 0.256. The molecule has 0 unspecified atom stereocenters. The van der Waals surface area contributed by atoms with Gasteiger partial charge in [-0.1, -0.05) is 12.1 Å². The normalized spacial score (nSPS) is 14.9. The van der Waals surface area contributed by atoms with Crippen LogP contribution in [-0.4, -0.2) is 25.1 Å². The summed E-state index contributed by atoms with van der Waals surface area (Å²) in [5, 5.41) is 8.65. The molecular formula is C13H17BrN4O. The van der Waals surface area contributed by atoms with E-state index in [1.165, 1.54) is 0 Å². The fourth-order valence-corrected chi connectivity index (χ4v) is 2.38. The molecule has 0 bridgehead atoms. The molecule has 0 radical (unpaired) electrons. The van der Waals surface area contributed by atoms with Gasteiger partial charge in [-0.15, -0.1) is 0 Å². The second-order valence-electron chi connectivity index (χ2n) is 4.38. The SMILES string of the molecule is Cc1cccc(Br)c1NC(=O)NC1=NCCCCN1. The highest BCUT2D eigenvalue weighted by Gasteiger charge is 2.10. The molecule has 0 saturated heterocycles. The number of aryl methyl sites for hydroxylation is 1. The van der Waals surface area contributed by atoms with Crippen molar-refractivity contribution in [3.05, 3.63) is 28.2 Å². The molecule has 0 fully saturated rings. The average molecular weight is 325 g/mol. The van der Waals surface area contributed by atoms with E-state index in [4.69, 9.17) is 0 Å². The standard InChI is InChI=1S/C13H17BrN4O/c1-9-5-4-6-10(14)11(9)17-13(19)18-12-15-7-2-3-8-16-12/h4-6H,2-3,7-8H2,1H3,(H3,15,16,17,18,19). The molecule has 1 aliphatic rings. The number of carbonyl (C=O) groups is 1. The topological polar surface area (TPSA) is 65.5 Å². The predicted molar refractivity (Wildman–Crippen MR) is 80.6 cm³/mol. The van der Waals surface area contributed by atoms with Gasteiger partial charge in [0.05, 0.1) is 5.69 Å². The van der Waals surface area contributed by atoms with Crippen molar-refractivity contribution >= 4 is 33.6 Å². The summed E-state index contributed by atoms with van der Waals surface area (Å²) >= 11 is 3.42. The molecule has 1 heterocycles. The maximum absolute atomic E-state index is 11.9. The Kier molecular flexibility index (Phi) is 4.79. The second kappa shape index (κ2) is 6.56. The van der Waals surface area contributed by atoms with Gasteiger partial charge in [0, 0.05) is 17.6 Å². The monoisotopic (exact) mass is 324 g/mol. The van der Waals surface area contributed by atoms with Crippen LogP contribution in [0, 0.1) is 6.92 Å². The summed E-state index contributed by atoms with van der Waals surface area (Å²) in [5.74, 6) is 0.541. The minimum absolute atomic E-state index is 0.289. The smallest absolute Gasteiger partial charge is 0.326 e. The third-order valence-corrected chi connectivity index (χ3v) is 3.50. The molecular weight excluding hydrogens is 308 g/mol. The van der Waals surface area contributed by atoms with Gasteiger partial charge in [0.1, 0.15) is 0 Å². The fourth-order valence-electron chi connectivity index (χ4n) is 1.82. The molecule has 0 aromatic heterocycles. The van der Waals surface area contributed by atoms with Crippen molar-refractivity contribution < 1.29 is 4.79 Å². The number of anilines is 1. The Hall–Kier alpha value is -1.56. The lowest BCUT2D eigenvalue weighted by Crippen LogP contribution is -2.43. The van der Waals surface area contributed by atoms with Crippen LogP contribution in [0.4, 0.5) is 10.5 Å². The predicted octanol–water partition coefficient (Wildman–Crippen LogP) is 2.62. The Morgan fingerprint density at radius 2 is 2.21 bits per heavy atom. The van der Waals surface area contributed by atoms with Gasteiger partial charge < -0.3 is 10.6 Å². The van der Waals surface area contributed by atoms with Gasteiger partial charge in [-0.2, -0.15) is 0 Å². The zero-order valence-corrected chi connectivity index (χ0v) is 12.4. The van der Waals surface area contributed by atoms with E-state index in [2.05, 4.69) is 36.9 Å². The number of hydrogen-bond donors (Lipinski definition) is 3. The quantitative estimate of drug-likeness (QED) is 0.743. The van der Waals surface area contributed by atoms with Gasteiger partial charge >= 0.3 is 6.03 Å². The Morgan fingerprint density at radius 3 is 3.00 bits per heavy atom. The van der Waals surface area contributed by atoms with E-state index in [9.17, 15) is 4.79 Å². The van der Waals surface area contributed by atoms with E-state index in [0.717, 1.165) is 41.7 Å². The number of guanidine groups is 1. The summed E-state index contributed by atoms with van der Waals surface area (Å²) in [5.41, 5.74) is 1.77. The summed E-state index contributed by atoms with van der Waals surface area (Å²) in [7, 11) is 0. The number of rotatable bonds is 1. The number of nitrogens with zero attached hydrogens (tertiary/aromatic N) is 1. The first-order valence-corrected chi connectivity index (χ1v) is 7.07. The molecule has 1 aliphatic heterocycles. The van der Waals surface area contributed by atoms with Crippen LogP contribution in [0.2, 0.25) is 0 Å². The van der Waals surface area contributed by atoms with Gasteiger partial charge in [-0.25, -0.2) is 4.79 Å². The summed E-state index contributed by atoms with van der Waals surface area (Å²) in [6.45, 7) is 3.53. The van der Waals surface area contributed by atoms with E-state index >= 15 is 0 Å². The van der Waals surface area contributed by atoms with Crippen LogP contribution in [-0.2, 0) is 0 Å². The van der Waals surface area contributed by atoms with Gasteiger partial charge in [0.15, 0.2) is 5.96 Å². The summed E-state index contributed by atoms with van der Waals surface area (Å²) < 4.78 is 0.860. The van der Waals surface area contributed by atoms with E-state index in [1.807, 2.05) is 25.1 Å². The highest BCUT2D eigenvalue weighted by atomic mass is 79.9. The highest BCUT2D eigenvalue weighted by Crippen LogP contribution is 2.25. The average Bonchev–Trinajstić information content (AvgIpc) is 2.63. The summed E-state index contributed by atoms with van der Waals surface area (Å²) in [6.07, 6.45) is 2.11. The molecule has 1 aromatic rings. The number of nitrogens with one attached hydrogen (secondary N) is 3. The number of hydrogen-bond acceptors (Lipinski definition) is 3. The Balaban J connectivity index is 1.99. The van der Waals surface area contributed by atoms with Gasteiger partial charge in [0.25, 0.3) is 0 Å². The van der Waals surface area contributed by atoms with Crippen molar-refractivity contribution in [3.8, 4) is 0 Å². The van der Waals surface area contributed by atoms with Crippen molar-refractivity contribution in [1.82, 2.24) is 10.6 Å². The van der Waals surface area contributed by atoms with E-state index < -0.39 is 0 Å². The van der Waals surface area contributed by atoms with Crippen LogP contribution >= 0.6 is 15.9 Å². The maximum atomic E-state index is 11.9. The van der Waals surface area contributed by atoms with Crippen LogP contribution in [0.3, 0.4) is 0 Å². The molecule has 5 nitrogen and oxygen atoms in total. The third kappa shape index (κ3) is 3.96. The van der Waals surface area contributed by atoms with Crippen molar-refractivity contribution in [2.45, 2.75) is 19.8 Å². The van der Waals surface area contributed by atoms with Crippen molar-refractivity contribution in [2.24, 2.45) is 4.99 Å².